The molecule has 0 saturated heterocycles. The first-order chi connectivity index (χ1) is 9.43. The molecule has 3 unspecified atom stereocenters. The van der Waals surface area contributed by atoms with Crippen molar-refractivity contribution in [2.24, 2.45) is 5.92 Å². The first kappa shape index (κ1) is 16.9. The van der Waals surface area contributed by atoms with Gasteiger partial charge < -0.3 is 15.1 Å². The van der Waals surface area contributed by atoms with Gasteiger partial charge in [-0.15, -0.1) is 0 Å². The molecule has 5 heteroatoms. The van der Waals surface area contributed by atoms with Crippen molar-refractivity contribution < 1.29 is 19.8 Å². The molecule has 1 amide bonds. The first-order valence-corrected chi connectivity index (χ1v) is 7.29. The van der Waals surface area contributed by atoms with Gasteiger partial charge in [0.1, 0.15) is 5.78 Å². The zero-order chi connectivity index (χ0) is 15.1. The number of nitrogens with zero attached hydrogens (tertiary/aromatic N) is 1. The van der Waals surface area contributed by atoms with E-state index in [1.54, 1.807) is 24.9 Å². The van der Waals surface area contributed by atoms with E-state index in [0.29, 0.717) is 32.2 Å². The van der Waals surface area contributed by atoms with Crippen molar-refractivity contribution in [1.29, 1.82) is 0 Å². The van der Waals surface area contributed by atoms with Crippen LogP contribution in [0.25, 0.3) is 0 Å². The van der Waals surface area contributed by atoms with Crippen molar-refractivity contribution in [3.05, 3.63) is 12.3 Å². The molecule has 2 N–H and O–H groups in total. The van der Waals surface area contributed by atoms with Gasteiger partial charge in [-0.25, -0.2) is 0 Å². The first-order valence-electron chi connectivity index (χ1n) is 7.29. The summed E-state index contributed by atoms with van der Waals surface area (Å²) in [5, 5.41) is 18.6. The molecule has 0 aromatic carbocycles. The second kappa shape index (κ2) is 8.17. The number of aliphatic hydroxyl groups excluding tert-OH is 2. The Bertz CT molecular complexity index is 365. The summed E-state index contributed by atoms with van der Waals surface area (Å²) in [5.74, 6) is -0.783. The number of hydrogen-bond donors (Lipinski definition) is 2. The van der Waals surface area contributed by atoms with Crippen LogP contribution < -0.4 is 0 Å². The van der Waals surface area contributed by atoms with Crippen LogP contribution in [-0.2, 0) is 9.59 Å². The summed E-state index contributed by atoms with van der Waals surface area (Å²) in [5.41, 5.74) is 0. The molecule has 0 aromatic heterocycles. The summed E-state index contributed by atoms with van der Waals surface area (Å²) in [6.45, 7) is 3.86. The maximum absolute atomic E-state index is 12.0. The second-order valence-corrected chi connectivity index (χ2v) is 5.45. The van der Waals surface area contributed by atoms with Crippen molar-refractivity contribution in [3.63, 3.8) is 0 Å². The van der Waals surface area contributed by atoms with Gasteiger partial charge in [-0.2, -0.15) is 0 Å². The number of Topliss-reactive ketones (excluding diaryl/α,β-unsaturated/α-hetero) is 1. The van der Waals surface area contributed by atoms with Gasteiger partial charge in [0.05, 0.1) is 18.1 Å². The lowest BCUT2D eigenvalue weighted by Gasteiger charge is -2.18. The monoisotopic (exact) mass is 283 g/mol. The topological polar surface area (TPSA) is 77.8 Å². The number of carbonyl (C=O) groups excluding carboxylic acids is 2. The van der Waals surface area contributed by atoms with E-state index in [1.807, 2.05) is 6.08 Å². The Labute approximate surface area is 120 Å². The molecule has 3 atom stereocenters. The molecule has 0 fully saturated rings. The number of carbonyl (C=O) groups is 2. The number of rotatable bonds is 8. The van der Waals surface area contributed by atoms with Gasteiger partial charge in [-0.1, -0.05) is 12.5 Å². The van der Waals surface area contributed by atoms with Crippen LogP contribution in [0.3, 0.4) is 0 Å². The standard InChI is InChI=1S/C15H25NO4/c1-11(15(20)16-9-5-6-10-16)13(18)7-3-4-8-14(19)12(2)17/h5,9,11-12,14,17,19H,3-4,6-8,10H2,1-2H3. The van der Waals surface area contributed by atoms with Crippen molar-refractivity contribution >= 4 is 11.7 Å². The lowest BCUT2D eigenvalue weighted by molar-refractivity contribution is -0.138. The van der Waals surface area contributed by atoms with Crippen molar-refractivity contribution in [3.8, 4) is 0 Å². The minimum absolute atomic E-state index is 0.0539. The molecule has 114 valence electrons. The Morgan fingerprint density at radius 3 is 2.50 bits per heavy atom. The van der Waals surface area contributed by atoms with E-state index in [2.05, 4.69) is 0 Å². The fraction of sp³-hybridized carbons (Fsp3) is 0.733. The van der Waals surface area contributed by atoms with Gasteiger partial charge in [-0.3, -0.25) is 9.59 Å². The number of amides is 1. The molecule has 1 heterocycles. The zero-order valence-electron chi connectivity index (χ0n) is 12.3. The van der Waals surface area contributed by atoms with E-state index in [4.69, 9.17) is 5.11 Å². The van der Waals surface area contributed by atoms with E-state index in [1.165, 1.54) is 0 Å². The van der Waals surface area contributed by atoms with Gasteiger partial charge in [-0.05, 0) is 33.1 Å². The molecule has 5 nitrogen and oxygen atoms in total. The van der Waals surface area contributed by atoms with Gasteiger partial charge in [0.25, 0.3) is 0 Å². The third-order valence-electron chi connectivity index (χ3n) is 3.69. The van der Waals surface area contributed by atoms with Crippen LogP contribution in [0.5, 0.6) is 0 Å². The van der Waals surface area contributed by atoms with Crippen LogP contribution in [0.2, 0.25) is 0 Å². The molecule has 1 aliphatic heterocycles. The molecule has 1 aliphatic rings. The largest absolute Gasteiger partial charge is 0.391 e. The highest BCUT2D eigenvalue weighted by molar-refractivity contribution is 6.01. The average Bonchev–Trinajstić information content (AvgIpc) is 2.95. The zero-order valence-corrected chi connectivity index (χ0v) is 12.3. The summed E-state index contributed by atoms with van der Waals surface area (Å²) in [7, 11) is 0. The van der Waals surface area contributed by atoms with E-state index in [-0.39, 0.29) is 11.7 Å². The molecule has 0 bridgehead atoms. The molecule has 20 heavy (non-hydrogen) atoms. The van der Waals surface area contributed by atoms with Crippen LogP contribution in [0.15, 0.2) is 12.3 Å². The van der Waals surface area contributed by atoms with Crippen molar-refractivity contribution in [2.45, 2.75) is 58.2 Å². The van der Waals surface area contributed by atoms with Crippen LogP contribution in [0.1, 0.15) is 46.0 Å². The molecular formula is C15H25NO4. The quantitative estimate of drug-likeness (QED) is 0.519. The molecule has 0 aromatic rings. The van der Waals surface area contributed by atoms with Crippen LogP contribution >= 0.6 is 0 Å². The summed E-state index contributed by atoms with van der Waals surface area (Å²) in [6.07, 6.45) is 5.16. The highest BCUT2D eigenvalue weighted by atomic mass is 16.3. The molecule has 0 aliphatic carbocycles. The molecule has 0 radical (unpaired) electrons. The number of aliphatic hydroxyl groups is 2. The van der Waals surface area contributed by atoms with Gasteiger partial charge in [0.2, 0.25) is 5.91 Å². The fourth-order valence-electron chi connectivity index (χ4n) is 2.17. The molecule has 0 spiro atoms. The lowest BCUT2D eigenvalue weighted by atomic mass is 9.98. The Balaban J connectivity index is 2.24. The average molecular weight is 283 g/mol. The summed E-state index contributed by atoms with van der Waals surface area (Å²) < 4.78 is 0. The smallest absolute Gasteiger partial charge is 0.236 e. The van der Waals surface area contributed by atoms with Crippen LogP contribution in [0.4, 0.5) is 0 Å². The second-order valence-electron chi connectivity index (χ2n) is 5.45. The number of hydrogen-bond acceptors (Lipinski definition) is 4. The summed E-state index contributed by atoms with van der Waals surface area (Å²) in [6, 6.07) is 0. The van der Waals surface area contributed by atoms with E-state index >= 15 is 0 Å². The highest BCUT2D eigenvalue weighted by Crippen LogP contribution is 2.14. The van der Waals surface area contributed by atoms with Crippen molar-refractivity contribution in [1.82, 2.24) is 4.90 Å². The van der Waals surface area contributed by atoms with Crippen LogP contribution in [-0.4, -0.2) is 45.6 Å². The van der Waals surface area contributed by atoms with E-state index < -0.39 is 18.1 Å². The Kier molecular flexibility index (Phi) is 6.88. The third kappa shape index (κ3) is 5.06. The number of ketones is 1. The predicted molar refractivity (Wildman–Crippen MR) is 75.8 cm³/mol. The Morgan fingerprint density at radius 1 is 1.25 bits per heavy atom. The van der Waals surface area contributed by atoms with Crippen LogP contribution in [0, 0.1) is 5.92 Å². The Hall–Kier alpha value is -1.20. The molecule has 0 saturated carbocycles. The lowest BCUT2D eigenvalue weighted by Crippen LogP contribution is -2.33. The number of unbranched alkanes of at least 4 members (excludes halogenated alkanes) is 1. The minimum Gasteiger partial charge on any atom is -0.391 e. The fourth-order valence-corrected chi connectivity index (χ4v) is 2.17. The Morgan fingerprint density at radius 2 is 1.95 bits per heavy atom. The minimum atomic E-state index is -0.742. The normalized spacial score (nSPS) is 18.9. The maximum atomic E-state index is 12.0. The van der Waals surface area contributed by atoms with Gasteiger partial charge >= 0.3 is 0 Å². The van der Waals surface area contributed by atoms with Crippen molar-refractivity contribution in [2.75, 3.05) is 6.54 Å². The highest BCUT2D eigenvalue weighted by Gasteiger charge is 2.25. The van der Waals surface area contributed by atoms with E-state index in [0.717, 1.165) is 6.42 Å². The third-order valence-corrected chi connectivity index (χ3v) is 3.69. The molecular weight excluding hydrogens is 258 g/mol. The summed E-state index contributed by atoms with van der Waals surface area (Å²) >= 11 is 0. The van der Waals surface area contributed by atoms with Gasteiger partial charge in [0, 0.05) is 19.2 Å². The molecule has 1 rings (SSSR count). The summed E-state index contributed by atoms with van der Waals surface area (Å²) in [4.78, 5) is 25.5. The van der Waals surface area contributed by atoms with Gasteiger partial charge in [0.15, 0.2) is 0 Å². The predicted octanol–water partition coefficient (Wildman–Crippen LogP) is 1.24. The van der Waals surface area contributed by atoms with E-state index in [9.17, 15) is 14.7 Å². The maximum Gasteiger partial charge on any atom is 0.236 e. The SMILES string of the molecule is CC(C(=O)CCCCC(O)C(C)O)C(=O)N1C=CCC1.